The van der Waals surface area contributed by atoms with E-state index in [4.69, 9.17) is 4.74 Å². The third-order valence-electron chi connectivity index (χ3n) is 3.13. The maximum absolute atomic E-state index is 12.0. The highest BCUT2D eigenvalue weighted by Crippen LogP contribution is 2.31. The summed E-state index contributed by atoms with van der Waals surface area (Å²) < 4.78 is 5.33. The van der Waals surface area contributed by atoms with Gasteiger partial charge in [0.15, 0.2) is 5.78 Å². The van der Waals surface area contributed by atoms with Crippen LogP contribution in [0.5, 0.6) is 0 Å². The van der Waals surface area contributed by atoms with Crippen LogP contribution in [-0.2, 0) is 9.53 Å². The highest BCUT2D eigenvalue weighted by atomic mass is 16.6. The molecule has 18 heavy (non-hydrogen) atoms. The van der Waals surface area contributed by atoms with Crippen LogP contribution in [0.15, 0.2) is 12.7 Å². The van der Waals surface area contributed by atoms with Crippen LogP contribution in [0.3, 0.4) is 0 Å². The Morgan fingerprint density at radius 3 is 2.50 bits per heavy atom. The molecule has 1 saturated heterocycles. The van der Waals surface area contributed by atoms with Crippen LogP contribution >= 0.6 is 0 Å². The van der Waals surface area contributed by atoms with Crippen LogP contribution in [0.2, 0.25) is 0 Å². The predicted octanol–water partition coefficient (Wildman–Crippen LogP) is 2.78. The maximum Gasteiger partial charge on any atom is 0.410 e. The molecule has 0 saturated carbocycles. The number of rotatable bonds is 2. The first-order valence-corrected chi connectivity index (χ1v) is 6.33. The molecule has 4 nitrogen and oxygen atoms in total. The molecule has 1 heterocycles. The molecule has 1 amide bonds. The molecular formula is C14H23NO3. The Labute approximate surface area is 109 Å². The van der Waals surface area contributed by atoms with E-state index in [1.54, 1.807) is 4.90 Å². The molecule has 1 rings (SSSR count). The fraction of sp³-hybridized carbons (Fsp3) is 0.714. The van der Waals surface area contributed by atoms with Crippen molar-refractivity contribution in [3.05, 3.63) is 12.7 Å². The lowest BCUT2D eigenvalue weighted by Crippen LogP contribution is -2.49. The molecule has 0 aromatic rings. The highest BCUT2D eigenvalue weighted by Gasteiger charge is 2.38. The molecule has 1 fully saturated rings. The van der Waals surface area contributed by atoms with Gasteiger partial charge in [0, 0.05) is 18.5 Å². The van der Waals surface area contributed by atoms with Gasteiger partial charge in [0.2, 0.25) is 0 Å². The lowest BCUT2D eigenvalue weighted by molar-refractivity contribution is -0.125. The zero-order valence-corrected chi connectivity index (χ0v) is 11.8. The minimum atomic E-state index is -0.517. The molecule has 1 aliphatic rings. The van der Waals surface area contributed by atoms with Crippen LogP contribution in [0.1, 0.15) is 40.5 Å². The summed E-state index contributed by atoms with van der Waals surface area (Å²) in [7, 11) is 0. The molecule has 0 aliphatic carbocycles. The number of piperidine rings is 1. The highest BCUT2D eigenvalue weighted by molar-refractivity contribution is 5.94. The van der Waals surface area contributed by atoms with E-state index >= 15 is 0 Å². The summed E-state index contributed by atoms with van der Waals surface area (Å²) in [6.45, 7) is 12.0. The van der Waals surface area contributed by atoms with Crippen molar-refractivity contribution in [3.63, 3.8) is 0 Å². The van der Waals surface area contributed by atoms with Crippen molar-refractivity contribution < 1.29 is 14.3 Å². The van der Waals surface area contributed by atoms with Crippen LogP contribution in [0.25, 0.3) is 0 Å². The largest absolute Gasteiger partial charge is 0.444 e. The molecule has 4 heteroatoms. The molecule has 0 spiro atoms. The molecule has 1 unspecified atom stereocenters. The molecule has 102 valence electrons. The van der Waals surface area contributed by atoms with Crippen molar-refractivity contribution in [3.8, 4) is 0 Å². The van der Waals surface area contributed by atoms with Gasteiger partial charge in [-0.05, 0) is 39.7 Å². The van der Waals surface area contributed by atoms with E-state index in [1.807, 2.05) is 27.7 Å². The first-order chi connectivity index (χ1) is 8.18. The second kappa shape index (κ2) is 5.12. The normalized spacial score (nSPS) is 24.6. The summed E-state index contributed by atoms with van der Waals surface area (Å²) in [5, 5.41) is 0. The van der Waals surface area contributed by atoms with E-state index in [0.29, 0.717) is 13.1 Å². The first kappa shape index (κ1) is 14.7. The lowest BCUT2D eigenvalue weighted by Gasteiger charge is -2.39. The van der Waals surface area contributed by atoms with Gasteiger partial charge in [0.05, 0.1) is 0 Å². The Morgan fingerprint density at radius 2 is 2.00 bits per heavy atom. The number of carbonyl (C=O) groups excluding carboxylic acids is 2. The molecule has 1 aliphatic heterocycles. The summed E-state index contributed by atoms with van der Waals surface area (Å²) in [6.07, 6.45) is 2.61. The monoisotopic (exact) mass is 253 g/mol. The van der Waals surface area contributed by atoms with E-state index in [0.717, 1.165) is 12.8 Å². The molecule has 0 aromatic carbocycles. The SMILES string of the molecule is C=CC(=O)C1(C)CCCN(C(=O)OC(C)(C)C)C1. The molecular weight excluding hydrogens is 230 g/mol. The molecule has 0 N–H and O–H groups in total. The van der Waals surface area contributed by atoms with Crippen LogP contribution in [0.4, 0.5) is 4.79 Å². The number of carbonyl (C=O) groups is 2. The zero-order valence-electron chi connectivity index (χ0n) is 11.8. The Balaban J connectivity index is 2.72. The second-order valence-corrected chi connectivity index (χ2v) is 6.13. The van der Waals surface area contributed by atoms with E-state index < -0.39 is 11.0 Å². The van der Waals surface area contributed by atoms with Crippen molar-refractivity contribution in [2.75, 3.05) is 13.1 Å². The quantitative estimate of drug-likeness (QED) is 0.711. The van der Waals surface area contributed by atoms with Gasteiger partial charge in [-0.15, -0.1) is 0 Å². The zero-order chi connectivity index (χ0) is 14.0. The van der Waals surface area contributed by atoms with Crippen molar-refractivity contribution in [1.29, 1.82) is 0 Å². The molecule has 0 aromatic heterocycles. The summed E-state index contributed by atoms with van der Waals surface area (Å²) in [6, 6.07) is 0. The summed E-state index contributed by atoms with van der Waals surface area (Å²) in [5.41, 5.74) is -1.02. The number of hydrogen-bond acceptors (Lipinski definition) is 3. The van der Waals surface area contributed by atoms with Gasteiger partial charge in [0.25, 0.3) is 0 Å². The lowest BCUT2D eigenvalue weighted by atomic mass is 9.78. The number of allylic oxidation sites excluding steroid dienone is 1. The van der Waals surface area contributed by atoms with Gasteiger partial charge < -0.3 is 9.64 Å². The fourth-order valence-corrected chi connectivity index (χ4v) is 2.17. The van der Waals surface area contributed by atoms with Gasteiger partial charge in [-0.1, -0.05) is 13.5 Å². The Hall–Kier alpha value is -1.32. The van der Waals surface area contributed by atoms with Gasteiger partial charge in [-0.3, -0.25) is 4.79 Å². The topological polar surface area (TPSA) is 46.6 Å². The second-order valence-electron chi connectivity index (χ2n) is 6.13. The minimum absolute atomic E-state index is 0.00393. The van der Waals surface area contributed by atoms with E-state index in [9.17, 15) is 9.59 Å². The van der Waals surface area contributed by atoms with Crippen LogP contribution in [-0.4, -0.2) is 35.5 Å². The standard InChI is InChI=1S/C14H23NO3/c1-6-11(16)14(5)8-7-9-15(10-14)12(17)18-13(2,3)4/h6H,1,7-10H2,2-5H3. The van der Waals surface area contributed by atoms with Gasteiger partial charge in [-0.2, -0.15) is 0 Å². The number of amides is 1. The number of nitrogens with zero attached hydrogens (tertiary/aromatic N) is 1. The van der Waals surface area contributed by atoms with Crippen LogP contribution < -0.4 is 0 Å². The van der Waals surface area contributed by atoms with Crippen LogP contribution in [0, 0.1) is 5.41 Å². The number of hydrogen-bond donors (Lipinski definition) is 0. The third-order valence-corrected chi connectivity index (χ3v) is 3.13. The molecule has 0 bridgehead atoms. The van der Waals surface area contributed by atoms with Crippen molar-refractivity contribution >= 4 is 11.9 Å². The summed E-state index contributed by atoms with van der Waals surface area (Å²) >= 11 is 0. The van der Waals surface area contributed by atoms with Gasteiger partial charge >= 0.3 is 6.09 Å². The molecule has 0 radical (unpaired) electrons. The Kier molecular flexibility index (Phi) is 4.20. The molecule has 1 atom stereocenters. The Morgan fingerprint density at radius 1 is 1.39 bits per heavy atom. The fourth-order valence-electron chi connectivity index (χ4n) is 2.17. The van der Waals surface area contributed by atoms with Crippen molar-refractivity contribution in [2.45, 2.75) is 46.1 Å². The van der Waals surface area contributed by atoms with Gasteiger partial charge in [0.1, 0.15) is 5.60 Å². The number of ether oxygens (including phenoxy) is 1. The minimum Gasteiger partial charge on any atom is -0.444 e. The van der Waals surface area contributed by atoms with E-state index in [2.05, 4.69) is 6.58 Å². The van der Waals surface area contributed by atoms with Crippen molar-refractivity contribution in [2.24, 2.45) is 5.41 Å². The third kappa shape index (κ3) is 3.59. The smallest absolute Gasteiger partial charge is 0.410 e. The summed E-state index contributed by atoms with van der Waals surface area (Å²) in [5.74, 6) is -0.00393. The Bertz CT molecular complexity index is 357. The predicted molar refractivity (Wildman–Crippen MR) is 70.4 cm³/mol. The average molecular weight is 253 g/mol. The first-order valence-electron chi connectivity index (χ1n) is 6.33. The van der Waals surface area contributed by atoms with E-state index in [1.165, 1.54) is 6.08 Å². The number of likely N-dealkylation sites (tertiary alicyclic amines) is 1. The maximum atomic E-state index is 12.0. The van der Waals surface area contributed by atoms with E-state index in [-0.39, 0.29) is 11.9 Å². The average Bonchev–Trinajstić information content (AvgIpc) is 2.25. The van der Waals surface area contributed by atoms with Crippen molar-refractivity contribution in [1.82, 2.24) is 4.90 Å². The summed E-state index contributed by atoms with van der Waals surface area (Å²) in [4.78, 5) is 25.4. The van der Waals surface area contributed by atoms with Gasteiger partial charge in [-0.25, -0.2) is 4.79 Å². The number of ketones is 1.